The van der Waals surface area contributed by atoms with Crippen LogP contribution in [0, 0.1) is 0 Å². The molecule has 4 aromatic rings. The Kier molecular flexibility index (Phi) is 6.98. The molecule has 11 heteroatoms. The Hall–Kier alpha value is -2.46. The van der Waals surface area contributed by atoms with Gasteiger partial charge in [0.15, 0.2) is 11.5 Å². The van der Waals surface area contributed by atoms with Gasteiger partial charge in [-0.3, -0.25) is 9.30 Å². The molecule has 186 valence electrons. The maximum absolute atomic E-state index is 14.3. The number of alkyl halides is 3. The highest BCUT2D eigenvalue weighted by molar-refractivity contribution is 5.86. The van der Waals surface area contributed by atoms with E-state index in [2.05, 4.69) is 22.4 Å². The summed E-state index contributed by atoms with van der Waals surface area (Å²) < 4.78 is 44.5. The molecule has 3 aromatic heterocycles. The van der Waals surface area contributed by atoms with Crippen molar-refractivity contribution in [1.82, 2.24) is 29.8 Å². The van der Waals surface area contributed by atoms with E-state index in [-0.39, 0.29) is 42.5 Å². The Bertz CT molecular complexity index is 1360. The van der Waals surface area contributed by atoms with Crippen LogP contribution in [0.1, 0.15) is 30.5 Å². The molecular weight excluding hydrogens is 500 g/mol. The Balaban J connectivity index is 0.00000144. The van der Waals surface area contributed by atoms with Crippen LogP contribution in [0.5, 0.6) is 0 Å². The third-order valence-electron chi connectivity index (χ3n) is 6.90. The molecule has 2 aliphatic heterocycles. The Morgan fingerprint density at radius 3 is 2.60 bits per heavy atom. The molecule has 0 aliphatic carbocycles. The van der Waals surface area contributed by atoms with Crippen molar-refractivity contribution in [3.8, 4) is 11.5 Å². The van der Waals surface area contributed by atoms with Crippen molar-refractivity contribution in [2.75, 3.05) is 13.1 Å². The SMILES string of the molecule is CCc1cccc2ccc(-c3nnc4ccc([C@@H](N5C[C@@H]6C[C@H]5CN6)C(F)(F)F)cn34)nc12.Cl.Cl. The van der Waals surface area contributed by atoms with Gasteiger partial charge in [-0.2, -0.15) is 13.2 Å². The maximum Gasteiger partial charge on any atom is 0.408 e. The molecule has 6 rings (SSSR count). The van der Waals surface area contributed by atoms with Gasteiger partial charge in [-0.15, -0.1) is 35.0 Å². The first-order valence-corrected chi connectivity index (χ1v) is 11.2. The molecule has 2 saturated heterocycles. The number of hydrogen-bond donors (Lipinski definition) is 1. The topological polar surface area (TPSA) is 58.4 Å². The number of pyridine rings is 2. The lowest BCUT2D eigenvalue weighted by Crippen LogP contribution is -2.49. The molecule has 6 nitrogen and oxygen atoms in total. The summed E-state index contributed by atoms with van der Waals surface area (Å²) >= 11 is 0. The molecule has 0 radical (unpaired) electrons. The smallest absolute Gasteiger partial charge is 0.311 e. The second-order valence-electron chi connectivity index (χ2n) is 8.89. The third-order valence-corrected chi connectivity index (χ3v) is 6.90. The highest BCUT2D eigenvalue weighted by Crippen LogP contribution is 2.42. The number of benzene rings is 1. The predicted octanol–water partition coefficient (Wildman–Crippen LogP) is 5.00. The van der Waals surface area contributed by atoms with Crippen LogP contribution in [-0.2, 0) is 6.42 Å². The lowest BCUT2D eigenvalue weighted by Gasteiger charge is -2.36. The second kappa shape index (κ2) is 9.54. The highest BCUT2D eigenvalue weighted by atomic mass is 35.5. The number of halogens is 5. The molecule has 2 aliphatic rings. The fourth-order valence-electron chi connectivity index (χ4n) is 5.34. The number of nitrogens with zero attached hydrogens (tertiary/aromatic N) is 5. The van der Waals surface area contributed by atoms with Gasteiger partial charge < -0.3 is 5.32 Å². The van der Waals surface area contributed by atoms with Gasteiger partial charge in [-0.05, 0) is 36.1 Å². The molecule has 2 bridgehead atoms. The normalized spacial score (nSPS) is 20.7. The molecule has 0 unspecified atom stereocenters. The summed E-state index contributed by atoms with van der Waals surface area (Å²) in [5.74, 6) is 0.435. The summed E-state index contributed by atoms with van der Waals surface area (Å²) in [7, 11) is 0. The molecular formula is C24H25Cl2F3N6. The van der Waals surface area contributed by atoms with E-state index in [1.807, 2.05) is 30.3 Å². The van der Waals surface area contributed by atoms with Gasteiger partial charge in [0.05, 0.1) is 5.52 Å². The van der Waals surface area contributed by atoms with Gasteiger partial charge >= 0.3 is 6.18 Å². The fourth-order valence-corrected chi connectivity index (χ4v) is 5.34. The van der Waals surface area contributed by atoms with Crippen molar-refractivity contribution in [2.45, 2.75) is 44.1 Å². The van der Waals surface area contributed by atoms with E-state index in [1.165, 1.54) is 12.3 Å². The lowest BCUT2D eigenvalue weighted by molar-refractivity contribution is -0.190. The zero-order valence-corrected chi connectivity index (χ0v) is 20.5. The number of nitrogens with one attached hydrogen (secondary N) is 1. The Morgan fingerprint density at radius 1 is 1.09 bits per heavy atom. The van der Waals surface area contributed by atoms with Gasteiger partial charge in [0.1, 0.15) is 11.7 Å². The largest absolute Gasteiger partial charge is 0.408 e. The zero-order valence-electron chi connectivity index (χ0n) is 18.9. The van der Waals surface area contributed by atoms with Crippen LogP contribution in [0.15, 0.2) is 48.7 Å². The first-order chi connectivity index (χ1) is 15.9. The number of fused-ring (bicyclic) bond motifs is 4. The summed E-state index contributed by atoms with van der Waals surface area (Å²) in [5, 5.41) is 12.8. The minimum Gasteiger partial charge on any atom is -0.311 e. The summed E-state index contributed by atoms with van der Waals surface area (Å²) in [6.45, 7) is 3.06. The maximum atomic E-state index is 14.3. The standard InChI is InChI=1S/C24H23F3N6.2ClH/c1-2-14-4-3-5-15-6-8-19(29-21(14)15)23-31-30-20-9-7-16(12-33(20)23)22(24(25,26)27)32-13-17-10-18(32)11-28-17;;/h3-9,12,17-18,22,28H,2,10-11,13H2,1H3;2*1H/t17-,18-,22+;;/m0../s1. The number of likely N-dealkylation sites (tertiary alicyclic amines) is 1. The number of rotatable bonds is 4. The van der Waals surface area contributed by atoms with Crippen molar-refractivity contribution in [1.29, 1.82) is 0 Å². The molecule has 0 saturated carbocycles. The van der Waals surface area contributed by atoms with Crippen LogP contribution in [0.4, 0.5) is 13.2 Å². The zero-order chi connectivity index (χ0) is 22.7. The van der Waals surface area contributed by atoms with E-state index in [1.54, 1.807) is 15.4 Å². The van der Waals surface area contributed by atoms with Crippen LogP contribution in [0.25, 0.3) is 28.1 Å². The monoisotopic (exact) mass is 524 g/mol. The number of para-hydroxylation sites is 1. The summed E-state index contributed by atoms with van der Waals surface area (Å²) in [4.78, 5) is 6.40. The van der Waals surface area contributed by atoms with Crippen LogP contribution in [0.2, 0.25) is 0 Å². The van der Waals surface area contributed by atoms with Crippen molar-refractivity contribution in [2.24, 2.45) is 0 Å². The highest BCUT2D eigenvalue weighted by Gasteiger charge is 2.51. The van der Waals surface area contributed by atoms with Gasteiger partial charge in [0.2, 0.25) is 0 Å². The average Bonchev–Trinajstić information content (AvgIpc) is 3.53. The molecule has 5 heterocycles. The van der Waals surface area contributed by atoms with Gasteiger partial charge in [-0.1, -0.05) is 37.3 Å². The quantitative estimate of drug-likeness (QED) is 0.407. The summed E-state index contributed by atoms with van der Waals surface area (Å²) in [5.41, 5.74) is 3.25. The number of hydrogen-bond acceptors (Lipinski definition) is 5. The summed E-state index contributed by atoms with van der Waals surface area (Å²) in [6, 6.07) is 11.3. The third kappa shape index (κ3) is 4.35. The molecule has 1 aromatic carbocycles. The Morgan fingerprint density at radius 2 is 1.91 bits per heavy atom. The Labute approximate surface area is 212 Å². The van der Waals surface area contributed by atoms with Gasteiger partial charge in [-0.25, -0.2) is 4.98 Å². The van der Waals surface area contributed by atoms with E-state index in [4.69, 9.17) is 4.98 Å². The predicted molar refractivity (Wildman–Crippen MR) is 133 cm³/mol. The van der Waals surface area contributed by atoms with Crippen LogP contribution in [0.3, 0.4) is 0 Å². The first-order valence-electron chi connectivity index (χ1n) is 11.2. The molecule has 1 N–H and O–H groups in total. The van der Waals surface area contributed by atoms with Crippen molar-refractivity contribution in [3.63, 3.8) is 0 Å². The van der Waals surface area contributed by atoms with Crippen LogP contribution >= 0.6 is 24.8 Å². The molecule has 2 fully saturated rings. The lowest BCUT2D eigenvalue weighted by atomic mass is 10.1. The second-order valence-corrected chi connectivity index (χ2v) is 8.89. The van der Waals surface area contributed by atoms with E-state index < -0.39 is 12.2 Å². The summed E-state index contributed by atoms with van der Waals surface area (Å²) in [6.07, 6.45) is -1.27. The minimum atomic E-state index is -4.39. The number of piperazine rings is 1. The molecule has 3 atom stereocenters. The molecule has 0 amide bonds. The molecule has 35 heavy (non-hydrogen) atoms. The first kappa shape index (κ1) is 25.6. The van der Waals surface area contributed by atoms with E-state index in [0.717, 1.165) is 29.3 Å². The molecule has 0 spiro atoms. The average molecular weight is 525 g/mol. The number of aromatic nitrogens is 4. The van der Waals surface area contributed by atoms with E-state index >= 15 is 0 Å². The van der Waals surface area contributed by atoms with Crippen molar-refractivity contribution < 1.29 is 13.2 Å². The van der Waals surface area contributed by atoms with Crippen LogP contribution in [-0.4, -0.2) is 55.8 Å². The van der Waals surface area contributed by atoms with E-state index in [9.17, 15) is 13.2 Å². The van der Waals surface area contributed by atoms with Crippen molar-refractivity contribution >= 4 is 41.4 Å². The number of aryl methyl sites for hydroxylation is 1. The van der Waals surface area contributed by atoms with Crippen LogP contribution < -0.4 is 5.32 Å². The van der Waals surface area contributed by atoms with Gasteiger partial charge in [0, 0.05) is 36.8 Å². The van der Waals surface area contributed by atoms with Crippen molar-refractivity contribution in [3.05, 3.63) is 59.8 Å². The minimum absolute atomic E-state index is 0. The van der Waals surface area contributed by atoms with Gasteiger partial charge in [0.25, 0.3) is 0 Å². The van der Waals surface area contributed by atoms with E-state index in [0.29, 0.717) is 30.3 Å². The fraction of sp³-hybridized carbons (Fsp3) is 0.375.